The molecule has 1 unspecified atom stereocenters. The first-order chi connectivity index (χ1) is 15.5. The van der Waals surface area contributed by atoms with Gasteiger partial charge in [-0.2, -0.15) is 4.98 Å². The number of thiophene rings is 1. The molecule has 0 fully saturated rings. The highest BCUT2D eigenvalue weighted by Crippen LogP contribution is 2.39. The Balaban J connectivity index is 1.66. The van der Waals surface area contributed by atoms with Gasteiger partial charge < -0.3 is 9.84 Å². The summed E-state index contributed by atoms with van der Waals surface area (Å²) in [6.07, 6.45) is 0. The third-order valence-corrected chi connectivity index (χ3v) is 6.54. The monoisotopic (exact) mass is 462 g/mol. The molecular formula is C24H19FN4OS2. The maximum Gasteiger partial charge on any atom is 0.258 e. The zero-order chi connectivity index (χ0) is 22.2. The van der Waals surface area contributed by atoms with E-state index >= 15 is 0 Å². The summed E-state index contributed by atoms with van der Waals surface area (Å²) in [4.78, 5) is 7.49. The molecule has 0 saturated heterocycles. The molecule has 5 rings (SSSR count). The fourth-order valence-electron chi connectivity index (χ4n) is 3.77. The average Bonchev–Trinajstić information content (AvgIpc) is 3.47. The topological polar surface area (TPSA) is 54.2 Å². The average molecular weight is 463 g/mol. The minimum atomic E-state index is -0.304. The van der Waals surface area contributed by atoms with Crippen LogP contribution in [0.3, 0.4) is 0 Å². The van der Waals surface area contributed by atoms with Gasteiger partial charge in [0, 0.05) is 11.4 Å². The van der Waals surface area contributed by atoms with Crippen molar-refractivity contribution in [2.75, 3.05) is 4.90 Å². The van der Waals surface area contributed by atoms with Crippen LogP contribution in [0.25, 0.3) is 16.3 Å². The van der Waals surface area contributed by atoms with Gasteiger partial charge in [0.25, 0.3) is 5.89 Å². The Morgan fingerprint density at radius 3 is 2.50 bits per heavy atom. The fourth-order valence-corrected chi connectivity index (χ4v) is 4.78. The Labute approximate surface area is 194 Å². The van der Waals surface area contributed by atoms with Gasteiger partial charge in [0.1, 0.15) is 5.82 Å². The van der Waals surface area contributed by atoms with Crippen molar-refractivity contribution in [1.82, 2.24) is 15.5 Å². The molecular weight excluding hydrogens is 443 g/mol. The van der Waals surface area contributed by atoms with Gasteiger partial charge in [-0.05, 0) is 67.3 Å². The van der Waals surface area contributed by atoms with E-state index in [1.165, 1.54) is 17.7 Å². The van der Waals surface area contributed by atoms with Crippen molar-refractivity contribution in [2.24, 2.45) is 0 Å². The number of allylic oxidation sites excluding steroid dienone is 1. The molecule has 1 aliphatic rings. The molecule has 0 radical (unpaired) electrons. The lowest BCUT2D eigenvalue weighted by Crippen LogP contribution is -2.46. The number of nitrogens with zero attached hydrogens (tertiary/aromatic N) is 3. The lowest BCUT2D eigenvalue weighted by Gasteiger charge is -2.37. The number of rotatable bonds is 4. The van der Waals surface area contributed by atoms with Gasteiger partial charge in [-0.1, -0.05) is 41.1 Å². The smallest absolute Gasteiger partial charge is 0.258 e. The van der Waals surface area contributed by atoms with E-state index in [0.29, 0.717) is 16.8 Å². The maximum atomic E-state index is 13.5. The minimum absolute atomic E-state index is 0.267. The summed E-state index contributed by atoms with van der Waals surface area (Å²) in [5.41, 5.74) is 4.61. The molecule has 3 heterocycles. The lowest BCUT2D eigenvalue weighted by atomic mass is 9.94. The SMILES string of the molecule is CC1=C(c2nc(-c3cccs3)no2)C(c2ccc(C)cc2)NC(=S)N1c1ccc(F)cc1. The predicted molar refractivity (Wildman–Crippen MR) is 129 cm³/mol. The Hall–Kier alpha value is -3.36. The quantitative estimate of drug-likeness (QED) is 0.369. The van der Waals surface area contributed by atoms with Crippen LogP contribution < -0.4 is 10.2 Å². The van der Waals surface area contributed by atoms with E-state index in [4.69, 9.17) is 21.7 Å². The number of anilines is 1. The van der Waals surface area contributed by atoms with Crippen molar-refractivity contribution in [3.63, 3.8) is 0 Å². The molecule has 1 atom stereocenters. The van der Waals surface area contributed by atoms with Crippen LogP contribution in [0, 0.1) is 12.7 Å². The second-order valence-corrected chi connectivity index (χ2v) is 8.84. The summed E-state index contributed by atoms with van der Waals surface area (Å²) in [7, 11) is 0. The van der Waals surface area contributed by atoms with E-state index in [0.717, 1.165) is 27.4 Å². The summed E-state index contributed by atoms with van der Waals surface area (Å²) in [5.74, 6) is 0.652. The summed E-state index contributed by atoms with van der Waals surface area (Å²) < 4.78 is 19.3. The summed E-state index contributed by atoms with van der Waals surface area (Å²) in [6.45, 7) is 4.01. The number of hydrogen-bond acceptors (Lipinski definition) is 5. The summed E-state index contributed by atoms with van der Waals surface area (Å²) in [5, 5.41) is 10.1. The molecule has 2 aromatic carbocycles. The Bertz CT molecular complexity index is 1290. The van der Waals surface area contributed by atoms with Crippen molar-refractivity contribution in [3.05, 3.63) is 94.6 Å². The molecule has 0 spiro atoms. The van der Waals surface area contributed by atoms with Crippen LogP contribution in [-0.2, 0) is 0 Å². The van der Waals surface area contributed by atoms with Gasteiger partial charge in [0.15, 0.2) is 5.11 Å². The third-order valence-electron chi connectivity index (χ3n) is 5.38. The second-order valence-electron chi connectivity index (χ2n) is 7.50. The number of nitrogens with one attached hydrogen (secondary N) is 1. The molecule has 160 valence electrons. The highest BCUT2D eigenvalue weighted by molar-refractivity contribution is 7.80. The zero-order valence-corrected chi connectivity index (χ0v) is 19.0. The van der Waals surface area contributed by atoms with Crippen LogP contribution in [0.1, 0.15) is 30.0 Å². The number of thiocarbonyl (C=S) groups is 1. The van der Waals surface area contributed by atoms with Crippen LogP contribution in [0.4, 0.5) is 10.1 Å². The van der Waals surface area contributed by atoms with Crippen LogP contribution in [0.2, 0.25) is 0 Å². The van der Waals surface area contributed by atoms with Gasteiger partial charge in [-0.3, -0.25) is 4.90 Å². The van der Waals surface area contributed by atoms with Gasteiger partial charge in [0.2, 0.25) is 5.82 Å². The van der Waals surface area contributed by atoms with Crippen LogP contribution in [0.15, 0.2) is 76.3 Å². The highest BCUT2D eigenvalue weighted by Gasteiger charge is 2.34. The molecule has 1 aliphatic heterocycles. The zero-order valence-electron chi connectivity index (χ0n) is 17.4. The first-order valence-corrected chi connectivity index (χ1v) is 11.3. The number of hydrogen-bond donors (Lipinski definition) is 1. The molecule has 0 saturated carbocycles. The summed E-state index contributed by atoms with van der Waals surface area (Å²) >= 11 is 7.27. The van der Waals surface area contributed by atoms with E-state index in [2.05, 4.69) is 34.7 Å². The standard InChI is InChI=1S/C24H19FN4OS2/c1-14-5-7-16(8-6-14)21-20(23-27-22(28-30-23)19-4-3-13-32-19)15(2)29(24(31)26-21)18-11-9-17(25)10-12-18/h3-13,21H,1-2H3,(H,26,31). The minimum Gasteiger partial charge on any atom is -0.351 e. The molecule has 0 bridgehead atoms. The Morgan fingerprint density at radius 2 is 1.81 bits per heavy atom. The normalized spacial score (nSPS) is 16.4. The number of aromatic nitrogens is 2. The first kappa shape index (κ1) is 20.5. The van der Waals surface area contributed by atoms with Gasteiger partial charge in [0.05, 0.1) is 16.5 Å². The van der Waals surface area contributed by atoms with Crippen molar-refractivity contribution < 1.29 is 8.91 Å². The number of benzene rings is 2. The van der Waals surface area contributed by atoms with Crippen molar-refractivity contribution in [2.45, 2.75) is 19.9 Å². The van der Waals surface area contributed by atoms with E-state index in [1.807, 2.05) is 36.3 Å². The van der Waals surface area contributed by atoms with Gasteiger partial charge in [-0.15, -0.1) is 11.3 Å². The molecule has 8 heteroatoms. The number of aryl methyl sites for hydroxylation is 1. The molecule has 0 amide bonds. The molecule has 2 aromatic heterocycles. The first-order valence-electron chi connectivity index (χ1n) is 10.0. The molecule has 5 nitrogen and oxygen atoms in total. The molecule has 4 aromatic rings. The van der Waals surface area contributed by atoms with Gasteiger partial charge >= 0.3 is 0 Å². The lowest BCUT2D eigenvalue weighted by molar-refractivity contribution is 0.404. The molecule has 1 N–H and O–H groups in total. The third kappa shape index (κ3) is 3.72. The molecule has 0 aliphatic carbocycles. The van der Waals surface area contributed by atoms with Crippen molar-refractivity contribution >= 4 is 39.9 Å². The van der Waals surface area contributed by atoms with E-state index in [9.17, 15) is 4.39 Å². The largest absolute Gasteiger partial charge is 0.351 e. The maximum absolute atomic E-state index is 13.5. The Kier molecular flexibility index (Phi) is 5.32. The fraction of sp³-hybridized carbons (Fsp3) is 0.125. The van der Waals surface area contributed by atoms with E-state index in [-0.39, 0.29) is 11.9 Å². The van der Waals surface area contributed by atoms with Crippen LogP contribution in [-0.4, -0.2) is 15.3 Å². The summed E-state index contributed by atoms with van der Waals surface area (Å²) in [6, 6.07) is 18.1. The van der Waals surface area contributed by atoms with Gasteiger partial charge in [-0.25, -0.2) is 4.39 Å². The van der Waals surface area contributed by atoms with E-state index in [1.54, 1.807) is 23.5 Å². The van der Waals surface area contributed by atoms with Crippen molar-refractivity contribution in [3.8, 4) is 10.7 Å². The Morgan fingerprint density at radius 1 is 1.06 bits per heavy atom. The van der Waals surface area contributed by atoms with Crippen LogP contribution >= 0.6 is 23.6 Å². The second kappa shape index (κ2) is 8.29. The highest BCUT2D eigenvalue weighted by atomic mass is 32.1. The molecule has 32 heavy (non-hydrogen) atoms. The predicted octanol–water partition coefficient (Wildman–Crippen LogP) is 6.11. The number of halogens is 1. The van der Waals surface area contributed by atoms with Crippen molar-refractivity contribution in [1.29, 1.82) is 0 Å². The van der Waals surface area contributed by atoms with E-state index < -0.39 is 0 Å². The van der Waals surface area contributed by atoms with Crippen LogP contribution in [0.5, 0.6) is 0 Å².